The molecule has 0 aliphatic heterocycles. The molecule has 0 N–H and O–H groups in total. The first kappa shape index (κ1) is 68.1. The van der Waals surface area contributed by atoms with Crippen molar-refractivity contribution >= 4 is 17.9 Å². The first-order valence-corrected chi connectivity index (χ1v) is 30.8. The zero-order valence-corrected chi connectivity index (χ0v) is 47.2. The number of ether oxygens (including phenoxy) is 3. The molecule has 0 spiro atoms. The number of hydrogen-bond acceptors (Lipinski definition) is 6. The second-order valence-electron chi connectivity index (χ2n) is 20.6. The Morgan fingerprint density at radius 1 is 0.310 bits per heavy atom. The van der Waals surface area contributed by atoms with Crippen molar-refractivity contribution in [3.05, 3.63) is 60.8 Å². The number of allylic oxidation sites excluding steroid dienone is 10. The average molecular weight is 994 g/mol. The van der Waals surface area contributed by atoms with Crippen molar-refractivity contribution in [3.63, 3.8) is 0 Å². The normalized spacial score (nSPS) is 12.4. The molecule has 0 aromatic rings. The van der Waals surface area contributed by atoms with Crippen molar-refractivity contribution in [2.75, 3.05) is 13.2 Å². The summed E-state index contributed by atoms with van der Waals surface area (Å²) in [6.45, 7) is 6.54. The minimum atomic E-state index is -0.787. The van der Waals surface area contributed by atoms with Crippen molar-refractivity contribution in [3.8, 4) is 0 Å². The molecule has 0 saturated carbocycles. The zero-order valence-electron chi connectivity index (χ0n) is 47.2. The van der Waals surface area contributed by atoms with Crippen LogP contribution in [0.4, 0.5) is 0 Å². The summed E-state index contributed by atoms with van der Waals surface area (Å²) < 4.78 is 16.9. The van der Waals surface area contributed by atoms with Gasteiger partial charge >= 0.3 is 17.9 Å². The SMILES string of the molecule is CC/C=C\C/C=C\C/C=C\CCCCCCCCC(=O)OCC(COC(=O)CCCCCCCCCCCCCCCCCCCCC)OC(=O)CCCCCCC/C=C\C=C/CCCCCCCCC. The van der Waals surface area contributed by atoms with Gasteiger partial charge in [0.1, 0.15) is 13.2 Å². The fourth-order valence-corrected chi connectivity index (χ4v) is 8.92. The van der Waals surface area contributed by atoms with Gasteiger partial charge in [0.15, 0.2) is 6.10 Å². The third-order valence-electron chi connectivity index (χ3n) is 13.5. The minimum absolute atomic E-state index is 0.0820. The van der Waals surface area contributed by atoms with Gasteiger partial charge in [-0.3, -0.25) is 14.4 Å². The molecule has 1 atom stereocenters. The summed E-state index contributed by atoms with van der Waals surface area (Å²) in [5.74, 6) is -0.894. The van der Waals surface area contributed by atoms with Gasteiger partial charge in [-0.2, -0.15) is 0 Å². The highest BCUT2D eigenvalue weighted by Gasteiger charge is 2.19. The lowest BCUT2D eigenvalue weighted by molar-refractivity contribution is -0.167. The van der Waals surface area contributed by atoms with Crippen molar-refractivity contribution in [1.29, 1.82) is 0 Å². The predicted octanol–water partition coefficient (Wildman–Crippen LogP) is 20.8. The predicted molar refractivity (Wildman–Crippen MR) is 307 cm³/mol. The van der Waals surface area contributed by atoms with Crippen molar-refractivity contribution in [2.24, 2.45) is 0 Å². The van der Waals surface area contributed by atoms with Gasteiger partial charge in [0.05, 0.1) is 0 Å². The van der Waals surface area contributed by atoms with E-state index in [1.807, 2.05) is 0 Å². The van der Waals surface area contributed by atoms with E-state index in [0.29, 0.717) is 19.3 Å². The molecule has 0 aromatic carbocycles. The molecule has 412 valence electrons. The van der Waals surface area contributed by atoms with E-state index in [1.165, 1.54) is 173 Å². The molecule has 0 radical (unpaired) electrons. The monoisotopic (exact) mass is 993 g/mol. The van der Waals surface area contributed by atoms with Crippen molar-refractivity contribution < 1.29 is 28.6 Å². The standard InChI is InChI=1S/C65H116O6/c1-4-7-10-13-16-19-22-25-28-31-33-35-37-40-43-46-49-52-55-58-64(67)70-61-62(60-69-63(66)57-54-51-48-45-42-39-36-30-27-24-21-18-15-12-9-6-3)71-65(68)59-56-53-50-47-44-41-38-34-32-29-26-23-20-17-14-11-8-5-2/h9,12,18,21,27,29-30,32,34,38,62H,4-8,10-11,13-17,19-20,22-26,28,31,33,35-37,39-61H2,1-3H3/b12-9-,21-18-,30-27-,32-29-,38-34-. The Balaban J connectivity index is 4.39. The number of esters is 3. The highest BCUT2D eigenvalue weighted by molar-refractivity contribution is 5.71. The van der Waals surface area contributed by atoms with Crippen LogP contribution < -0.4 is 0 Å². The lowest BCUT2D eigenvalue weighted by Crippen LogP contribution is -2.30. The Bertz CT molecular complexity index is 1280. The fraction of sp³-hybridized carbons (Fsp3) is 0.800. The van der Waals surface area contributed by atoms with Crippen LogP contribution in [0.25, 0.3) is 0 Å². The molecule has 1 unspecified atom stereocenters. The van der Waals surface area contributed by atoms with Gasteiger partial charge in [0, 0.05) is 19.3 Å². The van der Waals surface area contributed by atoms with Gasteiger partial charge in [-0.05, 0) is 77.0 Å². The second kappa shape index (κ2) is 59.7. The molecule has 6 nitrogen and oxygen atoms in total. The summed E-state index contributed by atoms with van der Waals surface area (Å²) in [4.78, 5) is 38.3. The fourth-order valence-electron chi connectivity index (χ4n) is 8.92. The first-order chi connectivity index (χ1) is 35.0. The Morgan fingerprint density at radius 2 is 0.592 bits per heavy atom. The third kappa shape index (κ3) is 57.9. The van der Waals surface area contributed by atoms with Crippen LogP contribution in [0, 0.1) is 0 Å². The van der Waals surface area contributed by atoms with Gasteiger partial charge in [-0.1, -0.05) is 281 Å². The maximum atomic E-state index is 12.9. The van der Waals surface area contributed by atoms with Crippen LogP contribution in [0.15, 0.2) is 60.8 Å². The van der Waals surface area contributed by atoms with E-state index < -0.39 is 6.10 Å². The molecule has 0 aliphatic carbocycles. The summed E-state index contributed by atoms with van der Waals surface area (Å²) in [5.41, 5.74) is 0. The topological polar surface area (TPSA) is 78.9 Å². The molecule has 71 heavy (non-hydrogen) atoms. The van der Waals surface area contributed by atoms with E-state index in [1.54, 1.807) is 0 Å². The summed E-state index contributed by atoms with van der Waals surface area (Å²) in [5, 5.41) is 0. The molecule has 0 fully saturated rings. The van der Waals surface area contributed by atoms with Crippen LogP contribution in [-0.2, 0) is 28.6 Å². The number of hydrogen-bond donors (Lipinski definition) is 0. The third-order valence-corrected chi connectivity index (χ3v) is 13.5. The Labute approximate surface area is 440 Å². The lowest BCUT2D eigenvalue weighted by atomic mass is 10.0. The van der Waals surface area contributed by atoms with Crippen LogP contribution in [-0.4, -0.2) is 37.2 Å². The molecular weight excluding hydrogens is 877 g/mol. The van der Waals surface area contributed by atoms with E-state index >= 15 is 0 Å². The highest BCUT2D eigenvalue weighted by Crippen LogP contribution is 2.17. The molecule has 0 heterocycles. The molecule has 0 aliphatic rings. The van der Waals surface area contributed by atoms with E-state index in [0.717, 1.165) is 103 Å². The first-order valence-electron chi connectivity index (χ1n) is 30.8. The maximum Gasteiger partial charge on any atom is 0.306 e. The zero-order chi connectivity index (χ0) is 51.4. The largest absolute Gasteiger partial charge is 0.462 e. The van der Waals surface area contributed by atoms with Crippen LogP contribution in [0.5, 0.6) is 0 Å². The van der Waals surface area contributed by atoms with Crippen LogP contribution in [0.1, 0.15) is 316 Å². The molecule has 0 bridgehead atoms. The molecule has 0 rings (SSSR count). The van der Waals surface area contributed by atoms with Gasteiger partial charge in [0.2, 0.25) is 0 Å². The maximum absolute atomic E-state index is 12.9. The number of carbonyl (C=O) groups excluding carboxylic acids is 3. The molecule has 0 amide bonds. The van der Waals surface area contributed by atoms with E-state index in [2.05, 4.69) is 81.5 Å². The molecule has 0 aromatic heterocycles. The van der Waals surface area contributed by atoms with Crippen molar-refractivity contribution in [1.82, 2.24) is 0 Å². The number of unbranched alkanes of at least 4 members (excludes halogenated alkanes) is 36. The van der Waals surface area contributed by atoms with Gasteiger partial charge in [0.25, 0.3) is 0 Å². The Hall–Kier alpha value is -2.89. The van der Waals surface area contributed by atoms with Gasteiger partial charge in [-0.25, -0.2) is 0 Å². The average Bonchev–Trinajstić information content (AvgIpc) is 3.37. The minimum Gasteiger partial charge on any atom is -0.462 e. The quantitative estimate of drug-likeness (QED) is 0.0199. The lowest BCUT2D eigenvalue weighted by Gasteiger charge is -2.18. The van der Waals surface area contributed by atoms with Crippen LogP contribution in [0.2, 0.25) is 0 Å². The van der Waals surface area contributed by atoms with E-state index in [4.69, 9.17) is 14.2 Å². The molecular formula is C65H116O6. The Kier molecular flexibility index (Phi) is 57.2. The molecule has 0 saturated heterocycles. The molecule has 6 heteroatoms. The highest BCUT2D eigenvalue weighted by atomic mass is 16.6. The summed E-state index contributed by atoms with van der Waals surface area (Å²) in [7, 11) is 0. The number of rotatable bonds is 56. The Morgan fingerprint density at radius 3 is 0.944 bits per heavy atom. The van der Waals surface area contributed by atoms with E-state index in [9.17, 15) is 14.4 Å². The summed E-state index contributed by atoms with van der Waals surface area (Å²) >= 11 is 0. The van der Waals surface area contributed by atoms with Crippen LogP contribution in [0.3, 0.4) is 0 Å². The smallest absolute Gasteiger partial charge is 0.306 e. The van der Waals surface area contributed by atoms with Gasteiger partial charge in [-0.15, -0.1) is 0 Å². The summed E-state index contributed by atoms with van der Waals surface area (Å²) in [6, 6.07) is 0. The summed E-state index contributed by atoms with van der Waals surface area (Å²) in [6.07, 6.45) is 75.0. The van der Waals surface area contributed by atoms with E-state index in [-0.39, 0.29) is 31.1 Å². The van der Waals surface area contributed by atoms with Crippen LogP contribution >= 0.6 is 0 Å². The van der Waals surface area contributed by atoms with Gasteiger partial charge < -0.3 is 14.2 Å². The van der Waals surface area contributed by atoms with Crippen molar-refractivity contribution in [2.45, 2.75) is 322 Å². The second-order valence-corrected chi connectivity index (χ2v) is 20.6. The number of carbonyl (C=O) groups is 3.